The van der Waals surface area contributed by atoms with E-state index >= 15 is 4.39 Å². The number of halogens is 3. The van der Waals surface area contributed by atoms with Gasteiger partial charge < -0.3 is 4.74 Å². The molecule has 0 N–H and O–H groups in total. The van der Waals surface area contributed by atoms with Crippen LogP contribution in [0.25, 0.3) is 27.8 Å². The molecule has 1 atom stereocenters. The van der Waals surface area contributed by atoms with Crippen molar-refractivity contribution in [1.29, 1.82) is 0 Å². The smallest absolute Gasteiger partial charge is 0.201 e. The number of allylic oxidation sites excluding steroid dienone is 2. The van der Waals surface area contributed by atoms with Crippen molar-refractivity contribution in [3.63, 3.8) is 0 Å². The molecule has 0 saturated heterocycles. The topological polar surface area (TPSA) is 9.23 Å². The highest BCUT2D eigenvalue weighted by Gasteiger charge is 2.28. The van der Waals surface area contributed by atoms with Gasteiger partial charge >= 0.3 is 0 Å². The maximum absolute atomic E-state index is 15.3. The van der Waals surface area contributed by atoms with E-state index < -0.39 is 11.6 Å². The van der Waals surface area contributed by atoms with Crippen molar-refractivity contribution in [2.24, 2.45) is 17.8 Å². The van der Waals surface area contributed by atoms with E-state index in [4.69, 9.17) is 4.74 Å². The molecule has 4 heteroatoms. The molecular formula is C38H45F3O. The fraction of sp³-hybridized carbons (Fsp3) is 0.474. The SMILES string of the molecule is CCCCCOc1ccc(-c2ccc(-c3ccc(C4=CCC(C5CCC(CCC)CC5)CC4)cc3F)cc2)c(F)c1F. The van der Waals surface area contributed by atoms with E-state index in [-0.39, 0.29) is 17.1 Å². The molecule has 2 aliphatic carbocycles. The number of ether oxygens (including phenoxy) is 1. The van der Waals surface area contributed by atoms with Crippen LogP contribution in [0.15, 0.2) is 60.7 Å². The Hall–Kier alpha value is -3.01. The lowest BCUT2D eigenvalue weighted by Crippen LogP contribution is -2.23. The zero-order valence-electron chi connectivity index (χ0n) is 25.2. The Morgan fingerprint density at radius 2 is 1.38 bits per heavy atom. The van der Waals surface area contributed by atoms with Crippen molar-refractivity contribution in [3.05, 3.63) is 83.7 Å². The molecule has 3 aromatic rings. The van der Waals surface area contributed by atoms with Crippen LogP contribution in [-0.2, 0) is 0 Å². The van der Waals surface area contributed by atoms with Crippen LogP contribution in [0, 0.1) is 35.2 Å². The minimum atomic E-state index is -0.975. The molecule has 1 fully saturated rings. The zero-order valence-corrected chi connectivity index (χ0v) is 25.2. The summed E-state index contributed by atoms with van der Waals surface area (Å²) in [4.78, 5) is 0. The van der Waals surface area contributed by atoms with Gasteiger partial charge in [0.2, 0.25) is 5.82 Å². The van der Waals surface area contributed by atoms with Crippen molar-refractivity contribution in [2.75, 3.05) is 6.61 Å². The summed E-state index contributed by atoms with van der Waals surface area (Å²) in [5, 5.41) is 0. The molecule has 0 heterocycles. The van der Waals surface area contributed by atoms with Gasteiger partial charge in [0.15, 0.2) is 11.6 Å². The number of hydrogen-bond donors (Lipinski definition) is 0. The predicted octanol–water partition coefficient (Wildman–Crippen LogP) is 11.8. The molecule has 1 nitrogen and oxygen atoms in total. The Morgan fingerprint density at radius 3 is 2.02 bits per heavy atom. The third-order valence-corrected chi connectivity index (χ3v) is 9.61. The molecule has 0 bridgehead atoms. The van der Waals surface area contributed by atoms with Gasteiger partial charge in [0, 0.05) is 11.1 Å². The van der Waals surface area contributed by atoms with Crippen molar-refractivity contribution in [3.8, 4) is 28.0 Å². The molecule has 5 rings (SSSR count). The summed E-state index contributed by atoms with van der Waals surface area (Å²) in [7, 11) is 0. The van der Waals surface area contributed by atoms with Gasteiger partial charge in [-0.05, 0) is 96.7 Å². The lowest BCUT2D eigenvalue weighted by molar-refractivity contribution is 0.189. The van der Waals surface area contributed by atoms with Crippen molar-refractivity contribution < 1.29 is 17.9 Å². The van der Waals surface area contributed by atoms with Crippen LogP contribution < -0.4 is 4.74 Å². The van der Waals surface area contributed by atoms with E-state index in [9.17, 15) is 8.78 Å². The molecule has 224 valence electrons. The summed E-state index contributed by atoms with van der Waals surface area (Å²) in [6, 6.07) is 15.5. The Balaban J connectivity index is 1.22. The predicted molar refractivity (Wildman–Crippen MR) is 168 cm³/mol. The quantitative estimate of drug-likeness (QED) is 0.207. The number of rotatable bonds is 11. The highest BCUT2D eigenvalue weighted by atomic mass is 19.2. The molecule has 0 amide bonds. The van der Waals surface area contributed by atoms with E-state index in [1.54, 1.807) is 30.3 Å². The van der Waals surface area contributed by atoms with Crippen molar-refractivity contribution in [2.45, 2.75) is 90.9 Å². The van der Waals surface area contributed by atoms with E-state index in [2.05, 4.69) is 19.9 Å². The average molecular weight is 575 g/mol. The fourth-order valence-electron chi connectivity index (χ4n) is 7.08. The second kappa shape index (κ2) is 14.4. The molecule has 3 aromatic carbocycles. The maximum atomic E-state index is 15.3. The van der Waals surface area contributed by atoms with Crippen LogP contribution in [0.1, 0.15) is 96.5 Å². The van der Waals surface area contributed by atoms with Crippen LogP contribution in [0.3, 0.4) is 0 Å². The Labute approximate surface area is 250 Å². The summed E-state index contributed by atoms with van der Waals surface area (Å²) < 4.78 is 50.3. The van der Waals surface area contributed by atoms with E-state index in [1.807, 2.05) is 12.1 Å². The third-order valence-electron chi connectivity index (χ3n) is 9.61. The van der Waals surface area contributed by atoms with E-state index in [0.29, 0.717) is 23.3 Å². The van der Waals surface area contributed by atoms with Crippen LogP contribution in [0.5, 0.6) is 5.75 Å². The van der Waals surface area contributed by atoms with Gasteiger partial charge in [0.25, 0.3) is 0 Å². The second-order valence-corrected chi connectivity index (χ2v) is 12.4. The number of benzene rings is 3. The highest BCUT2D eigenvalue weighted by Crippen LogP contribution is 2.42. The summed E-state index contributed by atoms with van der Waals surface area (Å²) in [6.45, 7) is 4.73. The average Bonchev–Trinajstić information content (AvgIpc) is 3.02. The third kappa shape index (κ3) is 7.13. The first-order chi connectivity index (χ1) is 20.5. The fourth-order valence-corrected chi connectivity index (χ4v) is 7.08. The van der Waals surface area contributed by atoms with Gasteiger partial charge in [0.1, 0.15) is 5.82 Å². The molecule has 0 spiro atoms. The zero-order chi connectivity index (χ0) is 29.5. The standard InChI is InChI=1S/C38H45F3O/c1-3-5-6-24-42-36-23-22-34(37(40)38(36)41)31-18-16-30(17-19-31)33-21-20-32(25-35(33)39)29-14-12-28(13-15-29)27-10-8-26(7-4-2)9-11-27/h14,16-23,25-28H,3-13,15,24H2,1-2H3. The lowest BCUT2D eigenvalue weighted by atomic mass is 9.70. The van der Waals surface area contributed by atoms with E-state index in [1.165, 1.54) is 62.7 Å². The van der Waals surface area contributed by atoms with E-state index in [0.717, 1.165) is 55.4 Å². The molecule has 42 heavy (non-hydrogen) atoms. The number of unbranched alkanes of at least 4 members (excludes halogenated alkanes) is 2. The molecule has 0 radical (unpaired) electrons. The first-order valence-electron chi connectivity index (χ1n) is 16.2. The van der Waals surface area contributed by atoms with Crippen LogP contribution in [-0.4, -0.2) is 6.61 Å². The van der Waals surface area contributed by atoms with Crippen LogP contribution in [0.4, 0.5) is 13.2 Å². The van der Waals surface area contributed by atoms with Gasteiger partial charge in [-0.25, -0.2) is 8.78 Å². The normalized spacial score (nSPS) is 20.8. The molecule has 1 unspecified atom stereocenters. The van der Waals surface area contributed by atoms with Crippen LogP contribution >= 0.6 is 0 Å². The van der Waals surface area contributed by atoms with Crippen molar-refractivity contribution in [1.82, 2.24) is 0 Å². The number of hydrogen-bond acceptors (Lipinski definition) is 1. The van der Waals surface area contributed by atoms with Crippen LogP contribution in [0.2, 0.25) is 0 Å². The van der Waals surface area contributed by atoms with Gasteiger partial charge in [-0.15, -0.1) is 0 Å². The Bertz CT molecular complexity index is 1350. The Morgan fingerprint density at radius 1 is 0.690 bits per heavy atom. The summed E-state index contributed by atoms with van der Waals surface area (Å²) in [5.74, 6) is 0.324. The van der Waals surface area contributed by atoms with Gasteiger partial charge in [-0.1, -0.05) is 94.8 Å². The monoisotopic (exact) mass is 574 g/mol. The molecule has 0 aromatic heterocycles. The first-order valence-corrected chi connectivity index (χ1v) is 16.2. The van der Waals surface area contributed by atoms with Gasteiger partial charge in [-0.2, -0.15) is 4.39 Å². The minimum absolute atomic E-state index is 0.0655. The minimum Gasteiger partial charge on any atom is -0.490 e. The molecular weight excluding hydrogens is 529 g/mol. The summed E-state index contributed by atoms with van der Waals surface area (Å²) in [5.41, 5.74) is 4.12. The summed E-state index contributed by atoms with van der Waals surface area (Å²) in [6.07, 6.45) is 16.7. The van der Waals surface area contributed by atoms with Gasteiger partial charge in [-0.3, -0.25) is 0 Å². The molecule has 1 saturated carbocycles. The highest BCUT2D eigenvalue weighted by molar-refractivity contribution is 5.74. The largest absolute Gasteiger partial charge is 0.490 e. The first kappa shape index (κ1) is 30.4. The van der Waals surface area contributed by atoms with Crippen molar-refractivity contribution >= 4 is 5.57 Å². The maximum Gasteiger partial charge on any atom is 0.201 e. The molecule has 0 aliphatic heterocycles. The second-order valence-electron chi connectivity index (χ2n) is 12.4. The Kier molecular flexibility index (Phi) is 10.5. The lowest BCUT2D eigenvalue weighted by Gasteiger charge is -2.35. The van der Waals surface area contributed by atoms with Gasteiger partial charge in [0.05, 0.1) is 6.61 Å². The molecule has 2 aliphatic rings. The summed E-state index contributed by atoms with van der Waals surface area (Å²) >= 11 is 0.